The van der Waals surface area contributed by atoms with E-state index in [0.29, 0.717) is 17.6 Å². The van der Waals surface area contributed by atoms with Gasteiger partial charge in [0.25, 0.3) is 0 Å². The van der Waals surface area contributed by atoms with Gasteiger partial charge in [-0.05, 0) is 39.2 Å². The predicted octanol–water partition coefficient (Wildman–Crippen LogP) is 3.20. The lowest BCUT2D eigenvalue weighted by Gasteiger charge is -2.16. The normalized spacial score (nSPS) is 21.2. The van der Waals surface area contributed by atoms with Gasteiger partial charge in [0.15, 0.2) is 5.13 Å². The number of aromatic nitrogens is 2. The fourth-order valence-electron chi connectivity index (χ4n) is 3.07. The Labute approximate surface area is 138 Å². The number of carbonyl (C=O) groups is 1. The number of hydrogen-bond donors (Lipinski definition) is 2. The second kappa shape index (κ2) is 6.44. The van der Waals surface area contributed by atoms with Crippen LogP contribution < -0.4 is 11.1 Å². The highest BCUT2D eigenvalue weighted by atomic mass is 32.1. The summed E-state index contributed by atoms with van der Waals surface area (Å²) in [6.45, 7) is 4.56. The molecule has 1 fully saturated rings. The Balaban J connectivity index is 1.72. The third-order valence-corrected chi connectivity index (χ3v) is 6.02. The summed E-state index contributed by atoms with van der Waals surface area (Å²) in [7, 11) is 0. The van der Waals surface area contributed by atoms with Gasteiger partial charge in [-0.1, -0.05) is 6.42 Å². The number of nitrogens with zero attached hydrogens (tertiary/aromatic N) is 2. The quantitative estimate of drug-likeness (QED) is 0.898. The van der Waals surface area contributed by atoms with Gasteiger partial charge in [-0.2, -0.15) is 0 Å². The van der Waals surface area contributed by atoms with Crippen molar-refractivity contribution in [3.8, 4) is 10.6 Å². The van der Waals surface area contributed by atoms with E-state index >= 15 is 0 Å². The summed E-state index contributed by atoms with van der Waals surface area (Å²) in [5, 5.41) is 6.63. The highest BCUT2D eigenvalue weighted by molar-refractivity contribution is 7.16. The summed E-state index contributed by atoms with van der Waals surface area (Å²) >= 11 is 3.10. The summed E-state index contributed by atoms with van der Waals surface area (Å²) in [5.74, 6) is 0.404. The van der Waals surface area contributed by atoms with Crippen molar-refractivity contribution >= 4 is 33.7 Å². The maximum Gasteiger partial charge on any atom is 0.229 e. The molecule has 2 aromatic rings. The molecule has 118 valence electrons. The van der Waals surface area contributed by atoms with Crippen LogP contribution in [-0.2, 0) is 4.79 Å². The number of nitrogens with two attached hydrogens (primary N) is 1. The van der Waals surface area contributed by atoms with Crippen LogP contribution in [0.2, 0.25) is 0 Å². The second-order valence-electron chi connectivity index (χ2n) is 5.71. The van der Waals surface area contributed by atoms with Gasteiger partial charge in [0, 0.05) is 11.3 Å². The fraction of sp³-hybridized carbons (Fsp3) is 0.533. The van der Waals surface area contributed by atoms with E-state index in [9.17, 15) is 4.79 Å². The van der Waals surface area contributed by atoms with Crippen LogP contribution in [0.15, 0.2) is 5.38 Å². The van der Waals surface area contributed by atoms with Crippen LogP contribution in [0.1, 0.15) is 30.0 Å². The molecular weight excluding hydrogens is 316 g/mol. The maximum atomic E-state index is 12.4. The number of rotatable bonds is 4. The molecule has 3 N–H and O–H groups in total. The Morgan fingerprint density at radius 2 is 2.23 bits per heavy atom. The summed E-state index contributed by atoms with van der Waals surface area (Å²) in [5.41, 5.74) is 7.64. The van der Waals surface area contributed by atoms with Gasteiger partial charge in [-0.25, -0.2) is 9.97 Å². The van der Waals surface area contributed by atoms with Gasteiger partial charge in [0.1, 0.15) is 0 Å². The highest BCUT2D eigenvalue weighted by Gasteiger charge is 2.32. The molecule has 22 heavy (non-hydrogen) atoms. The van der Waals surface area contributed by atoms with Crippen molar-refractivity contribution in [3.05, 3.63) is 16.1 Å². The first kappa shape index (κ1) is 15.6. The first-order valence-electron chi connectivity index (χ1n) is 7.49. The molecule has 0 aliphatic heterocycles. The SMILES string of the molecule is Cc1nc(C)c(-c2csc(NC(=O)[C@@H]3CCC[C@@H]3CN)n2)s1. The van der Waals surface area contributed by atoms with E-state index in [1.807, 2.05) is 19.2 Å². The molecule has 2 heterocycles. The van der Waals surface area contributed by atoms with E-state index < -0.39 is 0 Å². The molecule has 2 aromatic heterocycles. The zero-order valence-corrected chi connectivity index (χ0v) is 14.4. The number of aryl methyl sites for hydroxylation is 2. The fourth-order valence-corrected chi connectivity index (χ4v) is 4.73. The number of hydrogen-bond acceptors (Lipinski definition) is 6. The van der Waals surface area contributed by atoms with E-state index in [2.05, 4.69) is 15.3 Å². The van der Waals surface area contributed by atoms with Crippen LogP contribution in [-0.4, -0.2) is 22.4 Å². The Kier molecular flexibility index (Phi) is 4.56. The molecule has 1 aliphatic carbocycles. The largest absolute Gasteiger partial charge is 0.330 e. The first-order valence-corrected chi connectivity index (χ1v) is 9.19. The molecular formula is C15H20N4OS2. The Bertz CT molecular complexity index is 679. The average molecular weight is 336 g/mol. The van der Waals surface area contributed by atoms with Gasteiger partial charge in [-0.15, -0.1) is 22.7 Å². The molecule has 1 amide bonds. The number of carbonyl (C=O) groups excluding carboxylic acids is 1. The van der Waals surface area contributed by atoms with Gasteiger partial charge in [-0.3, -0.25) is 4.79 Å². The van der Waals surface area contributed by atoms with Crippen LogP contribution in [0.4, 0.5) is 5.13 Å². The van der Waals surface area contributed by atoms with Gasteiger partial charge in [0.05, 0.1) is 21.3 Å². The van der Waals surface area contributed by atoms with Crippen LogP contribution in [0.5, 0.6) is 0 Å². The average Bonchev–Trinajstić information content (AvgIpc) is 3.18. The lowest BCUT2D eigenvalue weighted by molar-refractivity contribution is -0.120. The standard InChI is InChI=1S/C15H20N4OS2/c1-8-13(22-9(2)17-8)12-7-21-15(18-12)19-14(20)11-5-3-4-10(11)6-16/h7,10-11H,3-6,16H2,1-2H3,(H,18,19,20)/t10-,11-/m1/s1. The zero-order chi connectivity index (χ0) is 15.7. The van der Waals surface area contributed by atoms with E-state index in [1.54, 1.807) is 11.3 Å². The summed E-state index contributed by atoms with van der Waals surface area (Å²) in [6.07, 6.45) is 3.07. The van der Waals surface area contributed by atoms with Crippen LogP contribution in [0.3, 0.4) is 0 Å². The van der Waals surface area contributed by atoms with Crippen molar-refractivity contribution in [2.24, 2.45) is 17.6 Å². The molecule has 3 rings (SSSR count). The van der Waals surface area contributed by atoms with Crippen molar-refractivity contribution in [1.82, 2.24) is 9.97 Å². The molecule has 0 saturated heterocycles. The van der Waals surface area contributed by atoms with Crippen LogP contribution >= 0.6 is 22.7 Å². The van der Waals surface area contributed by atoms with Crippen molar-refractivity contribution in [1.29, 1.82) is 0 Å². The third kappa shape index (κ3) is 3.06. The Morgan fingerprint density at radius 3 is 2.91 bits per heavy atom. The number of thiazole rings is 2. The topological polar surface area (TPSA) is 80.9 Å². The second-order valence-corrected chi connectivity index (χ2v) is 7.77. The minimum absolute atomic E-state index is 0.0322. The molecule has 2 atom stereocenters. The summed E-state index contributed by atoms with van der Waals surface area (Å²) < 4.78 is 0. The minimum atomic E-state index is 0.0322. The van der Waals surface area contributed by atoms with E-state index in [-0.39, 0.29) is 11.8 Å². The van der Waals surface area contributed by atoms with Crippen molar-refractivity contribution < 1.29 is 4.79 Å². The van der Waals surface area contributed by atoms with Crippen molar-refractivity contribution in [2.45, 2.75) is 33.1 Å². The van der Waals surface area contributed by atoms with Crippen LogP contribution in [0.25, 0.3) is 10.6 Å². The Hall–Kier alpha value is -1.31. The third-order valence-electron chi connectivity index (χ3n) is 4.17. The maximum absolute atomic E-state index is 12.4. The lowest BCUT2D eigenvalue weighted by atomic mass is 9.95. The van der Waals surface area contributed by atoms with Crippen molar-refractivity contribution in [2.75, 3.05) is 11.9 Å². The van der Waals surface area contributed by atoms with E-state index in [4.69, 9.17) is 5.73 Å². The highest BCUT2D eigenvalue weighted by Crippen LogP contribution is 2.34. The molecule has 0 aromatic carbocycles. The monoisotopic (exact) mass is 336 g/mol. The minimum Gasteiger partial charge on any atom is -0.330 e. The van der Waals surface area contributed by atoms with Gasteiger partial charge >= 0.3 is 0 Å². The molecule has 5 nitrogen and oxygen atoms in total. The van der Waals surface area contributed by atoms with Gasteiger partial charge in [0.2, 0.25) is 5.91 Å². The van der Waals surface area contributed by atoms with Crippen LogP contribution in [0, 0.1) is 25.7 Å². The molecule has 7 heteroatoms. The molecule has 1 aliphatic rings. The van der Waals surface area contributed by atoms with Crippen molar-refractivity contribution in [3.63, 3.8) is 0 Å². The zero-order valence-electron chi connectivity index (χ0n) is 12.8. The number of anilines is 1. The predicted molar refractivity (Wildman–Crippen MR) is 91.2 cm³/mol. The molecule has 1 saturated carbocycles. The molecule has 0 bridgehead atoms. The summed E-state index contributed by atoms with van der Waals surface area (Å²) in [6, 6.07) is 0. The van der Waals surface area contributed by atoms with Gasteiger partial charge < -0.3 is 11.1 Å². The molecule has 0 spiro atoms. The molecule has 0 radical (unpaired) electrons. The first-order chi connectivity index (χ1) is 10.6. The van der Waals surface area contributed by atoms with E-state index in [0.717, 1.165) is 40.5 Å². The number of amides is 1. The van der Waals surface area contributed by atoms with E-state index in [1.165, 1.54) is 11.3 Å². The Morgan fingerprint density at radius 1 is 1.41 bits per heavy atom. The molecule has 0 unspecified atom stereocenters. The lowest BCUT2D eigenvalue weighted by Crippen LogP contribution is -2.29. The number of nitrogens with one attached hydrogen (secondary N) is 1. The summed E-state index contributed by atoms with van der Waals surface area (Å²) in [4.78, 5) is 22.4. The smallest absolute Gasteiger partial charge is 0.229 e.